The molecule has 0 saturated heterocycles. The fraction of sp³-hybridized carbons (Fsp3) is 1.00. The molecule has 0 aromatic carbocycles. The summed E-state index contributed by atoms with van der Waals surface area (Å²) in [6.07, 6.45) is 9.44. The third-order valence-electron chi connectivity index (χ3n) is 6.24. The lowest BCUT2D eigenvalue weighted by atomic mass is 9.39. The Morgan fingerprint density at radius 3 is 2.30 bits per heavy atom. The van der Waals surface area contributed by atoms with E-state index in [1.807, 2.05) is 0 Å². The zero-order valence-corrected chi connectivity index (χ0v) is 13.5. The smallest absolute Gasteiger partial charge is 0.0638 e. The van der Waals surface area contributed by atoms with Gasteiger partial charge in [0.25, 0.3) is 0 Å². The quantitative estimate of drug-likeness (QED) is 0.446. The lowest BCUT2D eigenvalue weighted by Crippen LogP contribution is -2.63. The highest BCUT2D eigenvalue weighted by Crippen LogP contribution is 2.70. The van der Waals surface area contributed by atoms with Crippen LogP contribution in [0.15, 0.2) is 0 Å². The van der Waals surface area contributed by atoms with Crippen LogP contribution >= 0.6 is 0 Å². The summed E-state index contributed by atoms with van der Waals surface area (Å²) in [4.78, 5) is 0. The van der Waals surface area contributed by atoms with Crippen LogP contribution in [-0.4, -0.2) is 19.3 Å². The minimum Gasteiger partial charge on any atom is -0.380 e. The fourth-order valence-electron chi connectivity index (χ4n) is 6.67. The van der Waals surface area contributed by atoms with Gasteiger partial charge in [-0.2, -0.15) is 0 Å². The maximum absolute atomic E-state index is 5.93. The van der Waals surface area contributed by atoms with Gasteiger partial charge in [-0.15, -0.1) is 0 Å². The normalized spacial score (nSPS) is 47.7. The van der Waals surface area contributed by atoms with Gasteiger partial charge in [0.15, 0.2) is 0 Å². The summed E-state index contributed by atoms with van der Waals surface area (Å²) in [6.45, 7) is 8.84. The van der Waals surface area contributed by atoms with E-state index < -0.39 is 0 Å². The van der Waals surface area contributed by atoms with Crippen molar-refractivity contribution in [2.45, 2.75) is 71.8 Å². The molecule has 3 atom stereocenters. The molecule has 4 aliphatic carbocycles. The van der Waals surface area contributed by atoms with E-state index in [1.165, 1.54) is 38.5 Å². The fourth-order valence-corrected chi connectivity index (χ4v) is 6.67. The van der Waals surface area contributed by atoms with Crippen LogP contribution in [0.1, 0.15) is 65.7 Å². The Hall–Kier alpha value is -0.120. The first-order valence-electron chi connectivity index (χ1n) is 8.47. The molecule has 3 N–H and O–H groups in total. The van der Waals surface area contributed by atoms with Gasteiger partial charge in [-0.25, -0.2) is 0 Å². The molecule has 3 unspecified atom stereocenters. The molecule has 0 aromatic rings. The Kier molecular flexibility index (Phi) is 3.67. The summed E-state index contributed by atoms with van der Waals surface area (Å²) in [5.74, 6) is 6.85. The Morgan fingerprint density at radius 2 is 1.80 bits per heavy atom. The summed E-state index contributed by atoms with van der Waals surface area (Å²) < 4.78 is 5.85. The summed E-state index contributed by atoms with van der Waals surface area (Å²) in [5, 5.41) is 0. The van der Waals surface area contributed by atoms with Crippen molar-refractivity contribution in [3.8, 4) is 0 Å². The molecule has 0 amide bonds. The molecule has 20 heavy (non-hydrogen) atoms. The summed E-state index contributed by atoms with van der Waals surface area (Å²) in [7, 11) is 0. The van der Waals surface area contributed by atoms with E-state index >= 15 is 0 Å². The van der Waals surface area contributed by atoms with Crippen molar-refractivity contribution in [2.24, 2.45) is 28.0 Å². The van der Waals surface area contributed by atoms with Crippen molar-refractivity contribution in [1.82, 2.24) is 5.43 Å². The molecular weight excluding hydrogens is 248 g/mol. The Balaban J connectivity index is 1.80. The van der Waals surface area contributed by atoms with Gasteiger partial charge in [0.2, 0.25) is 0 Å². The molecule has 4 aliphatic rings. The molecule has 4 fully saturated rings. The van der Waals surface area contributed by atoms with Crippen LogP contribution in [-0.2, 0) is 4.74 Å². The second-order valence-electron chi connectivity index (χ2n) is 8.79. The first-order chi connectivity index (χ1) is 9.43. The molecule has 4 rings (SSSR count). The summed E-state index contributed by atoms with van der Waals surface area (Å²) >= 11 is 0. The van der Waals surface area contributed by atoms with Gasteiger partial charge in [-0.05, 0) is 67.1 Å². The highest BCUT2D eigenvalue weighted by molar-refractivity contribution is 5.13. The van der Waals surface area contributed by atoms with Gasteiger partial charge in [-0.1, -0.05) is 20.8 Å². The van der Waals surface area contributed by atoms with Crippen molar-refractivity contribution >= 4 is 0 Å². The topological polar surface area (TPSA) is 47.3 Å². The van der Waals surface area contributed by atoms with Crippen molar-refractivity contribution < 1.29 is 4.74 Å². The summed E-state index contributed by atoms with van der Waals surface area (Å²) in [5.41, 5.74) is 4.61. The van der Waals surface area contributed by atoms with Crippen LogP contribution in [0.25, 0.3) is 0 Å². The number of ether oxygens (including phenoxy) is 1. The van der Waals surface area contributed by atoms with Crippen molar-refractivity contribution in [2.75, 3.05) is 13.2 Å². The van der Waals surface area contributed by atoms with E-state index in [0.717, 1.165) is 25.6 Å². The lowest BCUT2D eigenvalue weighted by Gasteiger charge is -2.67. The van der Waals surface area contributed by atoms with E-state index in [9.17, 15) is 0 Å². The number of hydrogen-bond acceptors (Lipinski definition) is 3. The average molecular weight is 280 g/mol. The molecule has 116 valence electrons. The van der Waals surface area contributed by atoms with E-state index in [0.29, 0.717) is 22.3 Å². The minimum atomic E-state index is 0.330. The lowest BCUT2D eigenvalue weighted by molar-refractivity contribution is -0.164. The zero-order chi connectivity index (χ0) is 14.4. The first kappa shape index (κ1) is 14.8. The van der Waals surface area contributed by atoms with Crippen molar-refractivity contribution in [1.29, 1.82) is 0 Å². The second-order valence-corrected chi connectivity index (χ2v) is 8.79. The van der Waals surface area contributed by atoms with Crippen molar-refractivity contribution in [3.05, 3.63) is 0 Å². The molecule has 3 nitrogen and oxygen atoms in total. The maximum atomic E-state index is 5.93. The van der Waals surface area contributed by atoms with Crippen LogP contribution in [0.5, 0.6) is 0 Å². The first-order valence-corrected chi connectivity index (χ1v) is 8.47. The van der Waals surface area contributed by atoms with Crippen LogP contribution in [0.3, 0.4) is 0 Å². The molecule has 0 heterocycles. The summed E-state index contributed by atoms with van der Waals surface area (Å²) in [6, 6.07) is 0.330. The highest BCUT2D eigenvalue weighted by atomic mass is 16.5. The van der Waals surface area contributed by atoms with E-state index in [4.69, 9.17) is 10.6 Å². The molecule has 3 heteroatoms. The van der Waals surface area contributed by atoms with E-state index in [1.54, 1.807) is 0 Å². The molecule has 4 saturated carbocycles. The number of hydrazine groups is 1. The maximum Gasteiger partial charge on any atom is 0.0638 e. The number of hydrogen-bond donors (Lipinski definition) is 2. The number of nitrogens with one attached hydrogen (secondary N) is 1. The Bertz CT molecular complexity index is 352. The van der Waals surface area contributed by atoms with E-state index in [2.05, 4.69) is 26.2 Å². The molecule has 0 radical (unpaired) electrons. The highest BCUT2D eigenvalue weighted by Gasteiger charge is 2.62. The molecule has 0 spiro atoms. The van der Waals surface area contributed by atoms with Gasteiger partial charge >= 0.3 is 0 Å². The Labute approximate surface area is 124 Å². The zero-order valence-electron chi connectivity index (χ0n) is 13.5. The Morgan fingerprint density at radius 1 is 1.15 bits per heavy atom. The number of nitrogens with two attached hydrogens (primary N) is 1. The predicted octanol–water partition coefficient (Wildman–Crippen LogP) is 3.24. The number of rotatable bonds is 6. The van der Waals surface area contributed by atoms with Gasteiger partial charge in [0, 0.05) is 6.61 Å². The third-order valence-corrected chi connectivity index (χ3v) is 6.24. The van der Waals surface area contributed by atoms with Gasteiger partial charge in [0.05, 0.1) is 12.6 Å². The van der Waals surface area contributed by atoms with Crippen LogP contribution in [0.4, 0.5) is 0 Å². The van der Waals surface area contributed by atoms with Crippen molar-refractivity contribution in [3.63, 3.8) is 0 Å². The average Bonchev–Trinajstić information content (AvgIpc) is 2.29. The third kappa shape index (κ3) is 2.42. The molecule has 0 aromatic heterocycles. The largest absolute Gasteiger partial charge is 0.380 e. The predicted molar refractivity (Wildman–Crippen MR) is 82.1 cm³/mol. The van der Waals surface area contributed by atoms with E-state index in [-0.39, 0.29) is 0 Å². The molecule has 0 aliphatic heterocycles. The van der Waals surface area contributed by atoms with Gasteiger partial charge in [0.1, 0.15) is 0 Å². The standard InChI is InChI=1S/C17H32N2O/c1-4-5-20-9-14(19-18)17-8-13-6-15(2,11-17)10-16(3,7-13)12-17/h13-14,19H,4-12,18H2,1-3H3. The molecular formula is C17H32N2O. The SMILES string of the molecule is CCCOCC(NN)C12CC3CC(C)(CC(C)(C3)C1)C2. The molecule has 4 bridgehead atoms. The van der Waals surface area contributed by atoms with Gasteiger partial charge < -0.3 is 4.74 Å². The monoisotopic (exact) mass is 280 g/mol. The van der Waals surface area contributed by atoms with Crippen LogP contribution < -0.4 is 11.3 Å². The van der Waals surface area contributed by atoms with Crippen LogP contribution in [0, 0.1) is 22.2 Å². The van der Waals surface area contributed by atoms with Gasteiger partial charge in [-0.3, -0.25) is 11.3 Å². The second kappa shape index (κ2) is 4.96. The van der Waals surface area contributed by atoms with Crippen LogP contribution in [0.2, 0.25) is 0 Å². The minimum absolute atomic E-state index is 0.330.